The van der Waals surface area contributed by atoms with Crippen molar-refractivity contribution in [2.45, 2.75) is 12.8 Å². The van der Waals surface area contributed by atoms with Gasteiger partial charge in [0.2, 0.25) is 5.95 Å². The molecule has 0 bridgehead atoms. The van der Waals surface area contributed by atoms with E-state index in [0.29, 0.717) is 11.1 Å². The van der Waals surface area contributed by atoms with Gasteiger partial charge >= 0.3 is 0 Å². The first-order valence-electron chi connectivity index (χ1n) is 8.44. The maximum atomic E-state index is 14.7. The second kappa shape index (κ2) is 6.51. The molecule has 1 aromatic heterocycles. The maximum Gasteiger partial charge on any atom is 0.219 e. The molecule has 2 aromatic carbocycles. The van der Waals surface area contributed by atoms with Crippen LogP contribution in [0.4, 0.5) is 16.0 Å². The Labute approximate surface area is 146 Å². The molecule has 0 aliphatic carbocycles. The molecule has 0 amide bonds. The van der Waals surface area contributed by atoms with Gasteiger partial charge in [-0.1, -0.05) is 30.3 Å². The lowest BCUT2D eigenvalue weighted by molar-refractivity contribution is 0.631. The number of hydrogen-bond acceptors (Lipinski definition) is 4. The first kappa shape index (κ1) is 15.6. The van der Waals surface area contributed by atoms with Crippen LogP contribution in [0.25, 0.3) is 22.3 Å². The molecule has 2 heterocycles. The zero-order valence-electron chi connectivity index (χ0n) is 13.8. The van der Waals surface area contributed by atoms with Crippen molar-refractivity contribution in [1.82, 2.24) is 9.97 Å². The fourth-order valence-electron chi connectivity index (χ4n) is 3.35. The Morgan fingerprint density at radius 2 is 1.60 bits per heavy atom. The summed E-state index contributed by atoms with van der Waals surface area (Å²) in [5, 5.41) is 0. The van der Waals surface area contributed by atoms with Crippen LogP contribution >= 0.6 is 0 Å². The SMILES string of the molecule is Nc1ncc(-c2ccc(-c3ccccc3N3CCCC3)cc2F)cn1. The third-order valence-corrected chi connectivity index (χ3v) is 4.61. The summed E-state index contributed by atoms with van der Waals surface area (Å²) in [7, 11) is 0. The first-order valence-corrected chi connectivity index (χ1v) is 8.44. The molecular weight excluding hydrogens is 315 g/mol. The number of benzene rings is 2. The van der Waals surface area contributed by atoms with Gasteiger partial charge < -0.3 is 10.6 Å². The van der Waals surface area contributed by atoms with E-state index in [1.807, 2.05) is 18.2 Å². The zero-order valence-corrected chi connectivity index (χ0v) is 13.8. The Bertz CT molecular complexity index is 886. The van der Waals surface area contributed by atoms with E-state index in [0.717, 1.165) is 24.2 Å². The van der Waals surface area contributed by atoms with Gasteiger partial charge in [-0.25, -0.2) is 14.4 Å². The van der Waals surface area contributed by atoms with Crippen LogP contribution < -0.4 is 10.6 Å². The summed E-state index contributed by atoms with van der Waals surface area (Å²) in [6, 6.07) is 13.5. The van der Waals surface area contributed by atoms with Crippen LogP contribution in [0.5, 0.6) is 0 Å². The molecular formula is C20H19FN4. The highest BCUT2D eigenvalue weighted by molar-refractivity contribution is 5.80. The molecule has 5 heteroatoms. The highest BCUT2D eigenvalue weighted by Gasteiger charge is 2.17. The van der Waals surface area contributed by atoms with Gasteiger partial charge in [-0.3, -0.25) is 0 Å². The Morgan fingerprint density at radius 3 is 2.32 bits per heavy atom. The summed E-state index contributed by atoms with van der Waals surface area (Å²) in [4.78, 5) is 10.2. The number of anilines is 2. The normalized spacial score (nSPS) is 14.0. The fraction of sp³-hybridized carbons (Fsp3) is 0.200. The first-order chi connectivity index (χ1) is 12.2. The maximum absolute atomic E-state index is 14.7. The van der Waals surface area contributed by atoms with Gasteiger partial charge in [0, 0.05) is 47.9 Å². The molecule has 1 saturated heterocycles. The van der Waals surface area contributed by atoms with Crippen LogP contribution in [0.3, 0.4) is 0 Å². The third kappa shape index (κ3) is 3.05. The molecule has 0 atom stereocenters. The predicted octanol–water partition coefficient (Wildman–Crippen LogP) is 4.13. The monoisotopic (exact) mass is 334 g/mol. The van der Waals surface area contributed by atoms with E-state index in [2.05, 4.69) is 27.0 Å². The standard InChI is InChI=1S/C20H19FN4/c21-18-11-14(7-8-16(18)15-12-23-20(22)24-13-15)17-5-1-2-6-19(17)25-9-3-4-10-25/h1-2,5-8,11-13H,3-4,9-10H2,(H2,22,23,24). The van der Waals surface area contributed by atoms with E-state index in [1.54, 1.807) is 24.5 Å². The number of nitrogens with zero attached hydrogens (tertiary/aromatic N) is 3. The Kier molecular flexibility index (Phi) is 4.06. The average Bonchev–Trinajstić information content (AvgIpc) is 3.17. The molecule has 4 rings (SSSR count). The molecule has 1 fully saturated rings. The molecule has 126 valence electrons. The minimum atomic E-state index is -0.290. The number of nitrogens with two attached hydrogens (primary N) is 1. The van der Waals surface area contributed by atoms with E-state index in [1.165, 1.54) is 18.5 Å². The fourth-order valence-corrected chi connectivity index (χ4v) is 3.35. The van der Waals surface area contributed by atoms with Crippen molar-refractivity contribution in [1.29, 1.82) is 0 Å². The molecule has 0 radical (unpaired) electrons. The second-order valence-corrected chi connectivity index (χ2v) is 6.24. The van der Waals surface area contributed by atoms with Crippen molar-refractivity contribution in [3.8, 4) is 22.3 Å². The van der Waals surface area contributed by atoms with Gasteiger partial charge in [0.25, 0.3) is 0 Å². The van der Waals surface area contributed by atoms with Gasteiger partial charge in [-0.15, -0.1) is 0 Å². The minimum absolute atomic E-state index is 0.181. The molecule has 2 N–H and O–H groups in total. The van der Waals surface area contributed by atoms with Crippen molar-refractivity contribution in [2.75, 3.05) is 23.7 Å². The lowest BCUT2D eigenvalue weighted by atomic mass is 9.99. The van der Waals surface area contributed by atoms with E-state index in [9.17, 15) is 4.39 Å². The Morgan fingerprint density at radius 1 is 0.880 bits per heavy atom. The predicted molar refractivity (Wildman–Crippen MR) is 98.7 cm³/mol. The van der Waals surface area contributed by atoms with Gasteiger partial charge in [0.05, 0.1) is 0 Å². The van der Waals surface area contributed by atoms with E-state index in [-0.39, 0.29) is 11.8 Å². The van der Waals surface area contributed by atoms with Crippen LogP contribution in [0.15, 0.2) is 54.9 Å². The third-order valence-electron chi connectivity index (χ3n) is 4.61. The van der Waals surface area contributed by atoms with Crippen LogP contribution in [0.1, 0.15) is 12.8 Å². The molecule has 25 heavy (non-hydrogen) atoms. The van der Waals surface area contributed by atoms with Crippen LogP contribution in [0, 0.1) is 5.82 Å². The highest BCUT2D eigenvalue weighted by Crippen LogP contribution is 2.34. The quantitative estimate of drug-likeness (QED) is 0.782. The van der Waals surface area contributed by atoms with Crippen LogP contribution in [0.2, 0.25) is 0 Å². The van der Waals surface area contributed by atoms with Crippen molar-refractivity contribution in [2.24, 2.45) is 0 Å². The summed E-state index contributed by atoms with van der Waals surface area (Å²) in [5.74, 6) is -0.109. The van der Waals surface area contributed by atoms with Crippen molar-refractivity contribution >= 4 is 11.6 Å². The van der Waals surface area contributed by atoms with Gasteiger partial charge in [0.1, 0.15) is 5.82 Å². The Balaban J connectivity index is 1.73. The number of aromatic nitrogens is 2. The summed E-state index contributed by atoms with van der Waals surface area (Å²) >= 11 is 0. The number of para-hydroxylation sites is 1. The number of hydrogen-bond donors (Lipinski definition) is 1. The number of rotatable bonds is 3. The van der Waals surface area contributed by atoms with E-state index >= 15 is 0 Å². The van der Waals surface area contributed by atoms with Crippen LogP contribution in [-0.2, 0) is 0 Å². The van der Waals surface area contributed by atoms with Crippen molar-refractivity contribution in [3.63, 3.8) is 0 Å². The minimum Gasteiger partial charge on any atom is -0.371 e. The van der Waals surface area contributed by atoms with Gasteiger partial charge in [-0.2, -0.15) is 0 Å². The lowest BCUT2D eigenvalue weighted by Gasteiger charge is -2.21. The molecule has 1 aliphatic rings. The van der Waals surface area contributed by atoms with E-state index < -0.39 is 0 Å². The van der Waals surface area contributed by atoms with Crippen molar-refractivity contribution < 1.29 is 4.39 Å². The zero-order chi connectivity index (χ0) is 17.2. The Hall–Kier alpha value is -2.95. The smallest absolute Gasteiger partial charge is 0.219 e. The average molecular weight is 334 g/mol. The highest BCUT2D eigenvalue weighted by atomic mass is 19.1. The summed E-state index contributed by atoms with van der Waals surface area (Å²) < 4.78 is 14.7. The van der Waals surface area contributed by atoms with Gasteiger partial charge in [-0.05, 0) is 30.5 Å². The molecule has 0 spiro atoms. The summed E-state index contributed by atoms with van der Waals surface area (Å²) in [5.41, 5.74) is 9.69. The molecule has 4 nitrogen and oxygen atoms in total. The second-order valence-electron chi connectivity index (χ2n) is 6.24. The topological polar surface area (TPSA) is 55.0 Å². The van der Waals surface area contributed by atoms with Crippen molar-refractivity contribution in [3.05, 3.63) is 60.7 Å². The molecule has 1 aliphatic heterocycles. The number of nitrogen functional groups attached to an aromatic ring is 1. The summed E-state index contributed by atoms with van der Waals surface area (Å²) in [6.45, 7) is 2.11. The molecule has 3 aromatic rings. The van der Waals surface area contributed by atoms with E-state index in [4.69, 9.17) is 5.73 Å². The van der Waals surface area contributed by atoms with Crippen LogP contribution in [-0.4, -0.2) is 23.1 Å². The molecule has 0 saturated carbocycles. The summed E-state index contributed by atoms with van der Waals surface area (Å²) in [6.07, 6.45) is 5.49. The van der Waals surface area contributed by atoms with Gasteiger partial charge in [0.15, 0.2) is 0 Å². The molecule has 0 unspecified atom stereocenters. The lowest BCUT2D eigenvalue weighted by Crippen LogP contribution is -2.18. The number of halogens is 1. The largest absolute Gasteiger partial charge is 0.371 e.